The van der Waals surface area contributed by atoms with E-state index in [0.717, 1.165) is 44.7 Å². The summed E-state index contributed by atoms with van der Waals surface area (Å²) in [6, 6.07) is 26.5. The largest absolute Gasteiger partial charge is 0.748 e. The summed E-state index contributed by atoms with van der Waals surface area (Å²) in [4.78, 5) is 4.12. The van der Waals surface area contributed by atoms with Crippen LogP contribution >= 0.6 is 0 Å². The van der Waals surface area contributed by atoms with Crippen molar-refractivity contribution >= 4 is 44.3 Å². The van der Waals surface area contributed by atoms with Gasteiger partial charge < -0.3 is 14.4 Å². The SMILES string of the molecule is CN(C)c1ccc(C(=N/N=C/c2cc[n+](CCCCS(=O)(=O)[O-])c3ccccc23)c2ccc(N(C)C)cc2)cc1. The van der Waals surface area contributed by atoms with Crippen LogP contribution in [0.3, 0.4) is 0 Å². The van der Waals surface area contributed by atoms with Crippen molar-refractivity contribution in [3.05, 3.63) is 102 Å². The summed E-state index contributed by atoms with van der Waals surface area (Å²) >= 11 is 0. The lowest BCUT2D eigenvalue weighted by Gasteiger charge is -2.15. The van der Waals surface area contributed by atoms with E-state index in [1.165, 1.54) is 0 Å². The Morgan fingerprint density at radius 3 is 1.95 bits per heavy atom. The van der Waals surface area contributed by atoms with Gasteiger partial charge in [-0.25, -0.2) is 8.42 Å². The lowest BCUT2D eigenvalue weighted by Crippen LogP contribution is -2.34. The van der Waals surface area contributed by atoms with Crippen LogP contribution in [0.4, 0.5) is 11.4 Å². The number of pyridine rings is 1. The average molecular weight is 558 g/mol. The normalized spacial score (nSPS) is 11.6. The third-order valence-corrected chi connectivity index (χ3v) is 7.46. The first kappa shape index (κ1) is 28.9. The van der Waals surface area contributed by atoms with Gasteiger partial charge in [0.15, 0.2) is 6.20 Å². The number of fused-ring (bicyclic) bond motifs is 1. The van der Waals surface area contributed by atoms with Gasteiger partial charge in [0, 0.05) is 80.6 Å². The van der Waals surface area contributed by atoms with Gasteiger partial charge in [0.25, 0.3) is 0 Å². The highest BCUT2D eigenvalue weighted by molar-refractivity contribution is 7.85. The van der Waals surface area contributed by atoms with E-state index in [9.17, 15) is 13.0 Å². The standard InChI is InChI=1S/C31H35N5O3S/c1-34(2)27-15-11-24(12-16-27)31(25-13-17-28(18-14-25)35(3)4)33-32-23-26-19-21-36(20-7-8-22-40(37,38)39)30-10-6-5-9-29(26)30/h5-6,9-19,21,23H,7-8,20,22H2,1-4H3. The number of rotatable bonds is 11. The molecule has 4 aromatic rings. The van der Waals surface area contributed by atoms with Gasteiger partial charge in [0.1, 0.15) is 12.3 Å². The van der Waals surface area contributed by atoms with Crippen LogP contribution in [-0.4, -0.2) is 58.8 Å². The van der Waals surface area contributed by atoms with E-state index in [2.05, 4.69) is 73.1 Å². The number of unbranched alkanes of at least 4 members (excludes halogenated alkanes) is 1. The van der Waals surface area contributed by atoms with Gasteiger partial charge in [-0.2, -0.15) is 9.67 Å². The van der Waals surface area contributed by atoms with E-state index in [4.69, 9.17) is 0 Å². The quantitative estimate of drug-likeness (QED) is 0.0893. The number of hydrogen-bond acceptors (Lipinski definition) is 7. The number of nitrogens with zero attached hydrogens (tertiary/aromatic N) is 5. The average Bonchev–Trinajstić information content (AvgIpc) is 2.93. The zero-order chi connectivity index (χ0) is 28.7. The predicted molar refractivity (Wildman–Crippen MR) is 163 cm³/mol. The van der Waals surface area contributed by atoms with Crippen molar-refractivity contribution < 1.29 is 17.5 Å². The Labute approximate surface area is 236 Å². The lowest BCUT2D eigenvalue weighted by atomic mass is 10.0. The van der Waals surface area contributed by atoms with E-state index >= 15 is 0 Å². The van der Waals surface area contributed by atoms with E-state index in [1.54, 1.807) is 6.21 Å². The van der Waals surface area contributed by atoms with Crippen molar-refractivity contribution in [3.8, 4) is 0 Å². The molecule has 9 heteroatoms. The topological polar surface area (TPSA) is 92.3 Å². The number of para-hydroxylation sites is 1. The second kappa shape index (κ2) is 12.8. The first-order chi connectivity index (χ1) is 19.1. The molecule has 40 heavy (non-hydrogen) atoms. The number of aromatic nitrogens is 1. The number of hydrogen-bond donors (Lipinski definition) is 0. The van der Waals surface area contributed by atoms with Crippen LogP contribution < -0.4 is 14.4 Å². The molecule has 0 bridgehead atoms. The molecule has 0 aliphatic rings. The summed E-state index contributed by atoms with van der Waals surface area (Å²) in [5.41, 5.74) is 6.84. The molecule has 1 aromatic heterocycles. The maximum atomic E-state index is 10.9. The smallest absolute Gasteiger partial charge is 0.213 e. The molecular weight excluding hydrogens is 522 g/mol. The minimum Gasteiger partial charge on any atom is -0.748 e. The molecule has 0 fully saturated rings. The maximum Gasteiger partial charge on any atom is 0.213 e. The molecule has 1 heterocycles. The van der Waals surface area contributed by atoms with Gasteiger partial charge in [0.2, 0.25) is 5.52 Å². The molecule has 0 atom stereocenters. The third-order valence-electron chi connectivity index (χ3n) is 6.67. The molecule has 8 nitrogen and oxygen atoms in total. The van der Waals surface area contributed by atoms with Gasteiger partial charge >= 0.3 is 0 Å². The predicted octanol–water partition coefficient (Wildman–Crippen LogP) is 4.46. The first-order valence-electron chi connectivity index (χ1n) is 13.1. The summed E-state index contributed by atoms with van der Waals surface area (Å²) in [6.07, 6.45) is 4.65. The van der Waals surface area contributed by atoms with Gasteiger partial charge in [-0.1, -0.05) is 36.4 Å². The van der Waals surface area contributed by atoms with Gasteiger partial charge in [-0.3, -0.25) is 0 Å². The first-order valence-corrected chi connectivity index (χ1v) is 14.7. The summed E-state index contributed by atoms with van der Waals surface area (Å²) in [5.74, 6) is -0.341. The van der Waals surface area contributed by atoms with Crippen molar-refractivity contribution in [2.24, 2.45) is 10.2 Å². The molecule has 0 aliphatic heterocycles. The molecule has 0 amide bonds. The molecule has 3 aromatic carbocycles. The summed E-state index contributed by atoms with van der Waals surface area (Å²) in [7, 11) is 3.86. The summed E-state index contributed by atoms with van der Waals surface area (Å²) < 4.78 is 34.8. The van der Waals surface area contributed by atoms with E-state index in [-0.39, 0.29) is 5.75 Å². The maximum absolute atomic E-state index is 10.9. The Hall–Kier alpha value is -4.08. The fourth-order valence-electron chi connectivity index (χ4n) is 4.44. The van der Waals surface area contributed by atoms with Crippen LogP contribution in [0.2, 0.25) is 0 Å². The summed E-state index contributed by atoms with van der Waals surface area (Å²) in [6.45, 7) is 0.613. The Morgan fingerprint density at radius 1 is 0.825 bits per heavy atom. The number of aryl methyl sites for hydroxylation is 1. The molecule has 0 saturated carbocycles. The molecule has 0 unspecified atom stereocenters. The zero-order valence-electron chi connectivity index (χ0n) is 23.4. The highest BCUT2D eigenvalue weighted by atomic mass is 32.2. The Balaban J connectivity index is 1.65. The van der Waals surface area contributed by atoms with Crippen molar-refractivity contribution in [2.45, 2.75) is 19.4 Å². The van der Waals surface area contributed by atoms with Gasteiger partial charge in [0.05, 0.1) is 21.7 Å². The van der Waals surface area contributed by atoms with Crippen molar-refractivity contribution in [3.63, 3.8) is 0 Å². The molecule has 4 rings (SSSR count). The van der Waals surface area contributed by atoms with Crippen LogP contribution in [-0.2, 0) is 16.7 Å². The molecule has 0 saturated heterocycles. The number of benzene rings is 3. The van der Waals surface area contributed by atoms with Gasteiger partial charge in [-0.05, 0) is 36.8 Å². The highest BCUT2D eigenvalue weighted by Crippen LogP contribution is 2.20. The van der Waals surface area contributed by atoms with E-state index < -0.39 is 10.1 Å². The fraction of sp³-hybridized carbons (Fsp3) is 0.258. The summed E-state index contributed by atoms with van der Waals surface area (Å²) in [5, 5.41) is 10.2. The van der Waals surface area contributed by atoms with Crippen molar-refractivity contribution in [2.75, 3.05) is 43.7 Å². The zero-order valence-corrected chi connectivity index (χ0v) is 24.2. The molecule has 0 spiro atoms. The number of anilines is 2. The van der Waals surface area contributed by atoms with Crippen LogP contribution in [0, 0.1) is 0 Å². The molecule has 0 aliphatic carbocycles. The highest BCUT2D eigenvalue weighted by Gasteiger charge is 2.12. The monoisotopic (exact) mass is 557 g/mol. The minimum absolute atomic E-state index is 0.332. The van der Waals surface area contributed by atoms with Crippen LogP contribution in [0.5, 0.6) is 0 Å². The van der Waals surface area contributed by atoms with Crippen LogP contribution in [0.25, 0.3) is 10.9 Å². The Bertz CT molecular complexity index is 1560. The fourth-order valence-corrected chi connectivity index (χ4v) is 5.00. The molecule has 208 valence electrons. The second-order valence-corrected chi connectivity index (χ2v) is 11.5. The Morgan fingerprint density at radius 2 is 1.40 bits per heavy atom. The van der Waals surface area contributed by atoms with E-state index in [0.29, 0.717) is 19.4 Å². The van der Waals surface area contributed by atoms with Crippen LogP contribution in [0.15, 0.2) is 95.3 Å². The Kier molecular flexibility index (Phi) is 9.29. The molecular formula is C31H35N5O3S. The third kappa shape index (κ3) is 7.52. The lowest BCUT2D eigenvalue weighted by molar-refractivity contribution is -0.671. The van der Waals surface area contributed by atoms with Crippen molar-refractivity contribution in [1.29, 1.82) is 0 Å². The van der Waals surface area contributed by atoms with Crippen LogP contribution in [0.1, 0.15) is 29.5 Å². The van der Waals surface area contributed by atoms with Gasteiger partial charge in [-0.15, -0.1) is 5.10 Å². The molecule has 0 radical (unpaired) electrons. The second-order valence-electron chi connectivity index (χ2n) is 10.0. The van der Waals surface area contributed by atoms with E-state index in [1.807, 2.05) is 64.7 Å². The minimum atomic E-state index is -4.19. The molecule has 0 N–H and O–H groups in total. The van der Waals surface area contributed by atoms with Crippen molar-refractivity contribution in [1.82, 2.24) is 0 Å².